The van der Waals surface area contributed by atoms with E-state index in [1.807, 2.05) is 0 Å². The molecule has 2 saturated carbocycles. The van der Waals surface area contributed by atoms with E-state index in [2.05, 4.69) is 185 Å². The molecular weight excluding hydrogens is 689 g/mol. The van der Waals surface area contributed by atoms with Gasteiger partial charge >= 0.3 is 0 Å². The summed E-state index contributed by atoms with van der Waals surface area (Å²) in [5.74, 6) is 1.43. The maximum absolute atomic E-state index is 2.69. The van der Waals surface area contributed by atoms with Crippen LogP contribution in [0.4, 0.5) is 22.7 Å². The van der Waals surface area contributed by atoms with Crippen LogP contribution in [-0.4, -0.2) is 11.1 Å². The van der Waals surface area contributed by atoms with Gasteiger partial charge in [-0.05, 0) is 187 Å². The molecule has 0 aromatic heterocycles. The van der Waals surface area contributed by atoms with Crippen LogP contribution < -0.4 is 9.80 Å². The van der Waals surface area contributed by atoms with Crippen molar-refractivity contribution < 1.29 is 0 Å². The second-order valence-corrected chi connectivity index (χ2v) is 19.6. The summed E-state index contributed by atoms with van der Waals surface area (Å²) < 4.78 is 0. The summed E-state index contributed by atoms with van der Waals surface area (Å²) in [5.41, 5.74) is 19.6. The summed E-state index contributed by atoms with van der Waals surface area (Å²) in [7, 11) is 0. The summed E-state index contributed by atoms with van der Waals surface area (Å²) in [4.78, 5) is 5.38. The number of hydrogen-bond acceptors (Lipinski definition) is 2. The number of nitrogens with zero attached hydrogens (tertiary/aromatic N) is 2. The maximum Gasteiger partial charge on any atom is 0.0520 e. The highest BCUT2D eigenvalue weighted by atomic mass is 15.3. The fourth-order valence-corrected chi connectivity index (χ4v) is 12.9. The van der Waals surface area contributed by atoms with E-state index in [9.17, 15) is 0 Å². The Morgan fingerprint density at radius 1 is 0.456 bits per heavy atom. The molecule has 2 nitrogen and oxygen atoms in total. The Bertz CT molecular complexity index is 2390. The molecule has 11 rings (SSSR count). The molecule has 0 saturated heterocycles. The van der Waals surface area contributed by atoms with Crippen molar-refractivity contribution in [3.05, 3.63) is 156 Å². The van der Waals surface area contributed by atoms with Crippen LogP contribution in [0, 0.1) is 11.8 Å². The Hall–Kier alpha value is -5.08. The highest BCUT2D eigenvalue weighted by Crippen LogP contribution is 2.63. The van der Waals surface area contributed by atoms with Crippen molar-refractivity contribution in [2.75, 3.05) is 9.80 Å². The number of rotatable bonds is 4. The van der Waals surface area contributed by atoms with Crippen molar-refractivity contribution in [3.63, 3.8) is 0 Å². The first kappa shape index (κ1) is 35.1. The van der Waals surface area contributed by atoms with Gasteiger partial charge < -0.3 is 9.80 Å². The molecule has 5 aliphatic rings. The van der Waals surface area contributed by atoms with Gasteiger partial charge in [-0.2, -0.15) is 0 Å². The Labute approximate surface area is 340 Å². The summed E-state index contributed by atoms with van der Waals surface area (Å²) in [6, 6.07) is 51.6. The van der Waals surface area contributed by atoms with Crippen LogP contribution in [-0.2, 0) is 17.3 Å². The Balaban J connectivity index is 0.974. The summed E-state index contributed by atoms with van der Waals surface area (Å²) in [5, 5.41) is 0. The quantitative estimate of drug-likeness (QED) is 0.177. The SMILES string of the molecule is CC1CCC2(C)c3cc(-c4ccc5c(c4)-c4cc(-c6ccc7c(c6)C6(C)CCC(C)CC6(C)N7c6ccccc6)ccc4C5)ccc3N(c3ccccc3)C2(C)C1. The van der Waals surface area contributed by atoms with Crippen LogP contribution in [0.5, 0.6) is 0 Å². The molecule has 57 heavy (non-hydrogen) atoms. The average molecular weight is 745 g/mol. The summed E-state index contributed by atoms with van der Waals surface area (Å²) in [6.07, 6.45) is 8.40. The van der Waals surface area contributed by atoms with Crippen LogP contribution in [0.3, 0.4) is 0 Å². The average Bonchev–Trinajstić information content (AvgIpc) is 3.76. The van der Waals surface area contributed by atoms with E-state index in [1.165, 1.54) is 117 Å². The molecule has 2 fully saturated rings. The molecule has 6 aromatic rings. The zero-order valence-corrected chi connectivity index (χ0v) is 34.7. The molecule has 2 heteroatoms. The molecule has 0 spiro atoms. The number of anilines is 4. The van der Waals surface area contributed by atoms with Gasteiger partial charge in [0, 0.05) is 33.6 Å². The fraction of sp³-hybridized carbons (Fsp3) is 0.345. The zero-order chi connectivity index (χ0) is 38.9. The number of hydrogen-bond donors (Lipinski definition) is 0. The van der Waals surface area contributed by atoms with Gasteiger partial charge in [0.2, 0.25) is 0 Å². The minimum atomic E-state index is 0.0308. The van der Waals surface area contributed by atoms with Gasteiger partial charge in [-0.15, -0.1) is 0 Å². The van der Waals surface area contributed by atoms with Crippen molar-refractivity contribution in [1.82, 2.24) is 0 Å². The van der Waals surface area contributed by atoms with Crippen molar-refractivity contribution in [2.24, 2.45) is 11.8 Å². The lowest BCUT2D eigenvalue weighted by Gasteiger charge is -2.52. The first-order chi connectivity index (χ1) is 27.5. The molecule has 0 amide bonds. The van der Waals surface area contributed by atoms with Crippen LogP contribution in [0.1, 0.15) is 102 Å². The van der Waals surface area contributed by atoms with Crippen LogP contribution >= 0.6 is 0 Å². The van der Waals surface area contributed by atoms with Crippen LogP contribution in [0.15, 0.2) is 133 Å². The largest absolute Gasteiger partial charge is 0.334 e. The van der Waals surface area contributed by atoms with Gasteiger partial charge in [0.05, 0.1) is 11.1 Å². The molecule has 2 heterocycles. The van der Waals surface area contributed by atoms with Crippen LogP contribution in [0.25, 0.3) is 33.4 Å². The van der Waals surface area contributed by atoms with Gasteiger partial charge in [-0.1, -0.05) is 100 Å². The number of fused-ring (bicyclic) bond motifs is 9. The zero-order valence-electron chi connectivity index (χ0n) is 34.7. The highest BCUT2D eigenvalue weighted by Gasteiger charge is 2.60. The summed E-state index contributed by atoms with van der Waals surface area (Å²) >= 11 is 0. The Morgan fingerprint density at radius 2 is 0.842 bits per heavy atom. The molecule has 0 radical (unpaired) electrons. The maximum atomic E-state index is 2.69. The first-order valence-electron chi connectivity index (χ1n) is 21.8. The molecule has 6 unspecified atom stereocenters. The molecule has 2 aliphatic heterocycles. The predicted octanol–water partition coefficient (Wildman–Crippen LogP) is 14.6. The van der Waals surface area contributed by atoms with Crippen molar-refractivity contribution in [1.29, 1.82) is 0 Å². The van der Waals surface area contributed by atoms with Gasteiger partial charge in [-0.3, -0.25) is 0 Å². The first-order valence-corrected chi connectivity index (χ1v) is 21.8. The molecule has 3 aliphatic carbocycles. The van der Waals surface area contributed by atoms with E-state index in [-0.39, 0.29) is 21.9 Å². The van der Waals surface area contributed by atoms with Gasteiger partial charge in [0.1, 0.15) is 0 Å². The topological polar surface area (TPSA) is 6.48 Å². The van der Waals surface area contributed by atoms with E-state index >= 15 is 0 Å². The van der Waals surface area contributed by atoms with Crippen molar-refractivity contribution in [2.45, 2.75) is 108 Å². The van der Waals surface area contributed by atoms with Crippen LogP contribution in [0.2, 0.25) is 0 Å². The van der Waals surface area contributed by atoms with Crippen molar-refractivity contribution >= 4 is 22.7 Å². The van der Waals surface area contributed by atoms with Crippen molar-refractivity contribution in [3.8, 4) is 33.4 Å². The third kappa shape index (κ3) is 4.83. The fourth-order valence-electron chi connectivity index (χ4n) is 12.9. The highest BCUT2D eigenvalue weighted by molar-refractivity contribution is 5.87. The standard InChI is InChI=1S/C55H56N2/c1-36-25-27-52(3)48-32-40(21-23-50(48)56(54(52,5)34-36)44-13-9-7-10-14-44)38-17-19-42-29-43-20-18-39(31-47(43)46(42)30-38)41-22-24-51-49(33-41)53(4)28-26-37(2)35-55(53,6)57(51)45-15-11-8-12-16-45/h7-24,30-33,36-37H,25-29,34-35H2,1-6H3. The normalized spacial score (nSPS) is 29.3. The molecule has 6 atom stereocenters. The van der Waals surface area contributed by atoms with E-state index < -0.39 is 0 Å². The molecule has 0 bridgehead atoms. The van der Waals surface area contributed by atoms with E-state index in [1.54, 1.807) is 0 Å². The van der Waals surface area contributed by atoms with E-state index in [0.29, 0.717) is 11.8 Å². The number of benzene rings is 6. The predicted molar refractivity (Wildman–Crippen MR) is 240 cm³/mol. The molecule has 286 valence electrons. The Morgan fingerprint density at radius 3 is 1.26 bits per heavy atom. The minimum Gasteiger partial charge on any atom is -0.334 e. The van der Waals surface area contributed by atoms with E-state index in [0.717, 1.165) is 6.42 Å². The monoisotopic (exact) mass is 744 g/mol. The lowest BCUT2D eigenvalue weighted by Crippen LogP contribution is -2.56. The third-order valence-corrected chi connectivity index (χ3v) is 16.4. The second-order valence-electron chi connectivity index (χ2n) is 19.6. The lowest BCUT2D eigenvalue weighted by atomic mass is 9.59. The minimum absolute atomic E-state index is 0.0308. The molecule has 0 N–H and O–H groups in total. The molecule has 6 aromatic carbocycles. The lowest BCUT2D eigenvalue weighted by molar-refractivity contribution is 0.154. The summed E-state index contributed by atoms with van der Waals surface area (Å²) in [6.45, 7) is 15.1. The van der Waals surface area contributed by atoms with Gasteiger partial charge in [0.25, 0.3) is 0 Å². The van der Waals surface area contributed by atoms with Gasteiger partial charge in [0.15, 0.2) is 0 Å². The molecular formula is C55H56N2. The number of para-hydroxylation sites is 2. The second kappa shape index (κ2) is 12.2. The Kier molecular flexibility index (Phi) is 7.52. The smallest absolute Gasteiger partial charge is 0.0520 e. The van der Waals surface area contributed by atoms with E-state index in [4.69, 9.17) is 0 Å². The third-order valence-electron chi connectivity index (χ3n) is 16.4. The van der Waals surface area contributed by atoms with Gasteiger partial charge in [-0.25, -0.2) is 0 Å².